The lowest BCUT2D eigenvalue weighted by Crippen LogP contribution is -2.18. The molecule has 2 aromatic rings. The lowest BCUT2D eigenvalue weighted by Gasteiger charge is -2.15. The summed E-state index contributed by atoms with van der Waals surface area (Å²) >= 11 is 12.3. The lowest BCUT2D eigenvalue weighted by molar-refractivity contribution is 0.312. The topological polar surface area (TPSA) is 54.9 Å². The van der Waals surface area contributed by atoms with Crippen LogP contribution in [0, 0.1) is 4.77 Å². The quantitative estimate of drug-likeness (QED) is 0.608. The molecule has 0 saturated carbocycles. The number of aromatic nitrogens is 3. The zero-order valence-corrected chi connectivity index (χ0v) is 16.4. The van der Waals surface area contributed by atoms with Gasteiger partial charge in [0.2, 0.25) is 4.77 Å². The number of ether oxygens (including phenoxy) is 1. The van der Waals surface area contributed by atoms with Gasteiger partial charge in [-0.2, -0.15) is 5.10 Å². The molecule has 1 aromatic carbocycles. The van der Waals surface area contributed by atoms with Crippen molar-refractivity contribution in [2.75, 3.05) is 12.0 Å². The fourth-order valence-corrected chi connectivity index (χ4v) is 3.65. The summed E-state index contributed by atoms with van der Waals surface area (Å²) in [7, 11) is 0. The van der Waals surface area contributed by atoms with Crippen LogP contribution in [0.4, 0.5) is 0 Å². The van der Waals surface area contributed by atoms with E-state index in [2.05, 4.69) is 54.4 Å². The molecule has 0 aliphatic rings. The second-order valence-electron chi connectivity index (χ2n) is 4.69. The number of hydrogen-bond acceptors (Lipinski definition) is 4. The van der Waals surface area contributed by atoms with Crippen LogP contribution in [0.5, 0.6) is 5.75 Å². The molecule has 22 heavy (non-hydrogen) atoms. The minimum absolute atomic E-state index is 0.557. The summed E-state index contributed by atoms with van der Waals surface area (Å²) in [6, 6.07) is 4.02. The summed E-state index contributed by atoms with van der Waals surface area (Å²) in [5.74, 6) is 1.72. The highest BCUT2D eigenvalue weighted by Gasteiger charge is 2.11. The third-order valence-corrected chi connectivity index (χ3v) is 4.34. The van der Waals surface area contributed by atoms with E-state index in [-0.39, 0.29) is 0 Å². The van der Waals surface area contributed by atoms with Gasteiger partial charge in [-0.1, -0.05) is 29.8 Å². The molecule has 0 radical (unpaired) electrons. The van der Waals surface area contributed by atoms with Gasteiger partial charge in [0.25, 0.3) is 0 Å². The van der Waals surface area contributed by atoms with Gasteiger partial charge in [-0.3, -0.25) is 5.10 Å². The molecule has 0 saturated heterocycles. The van der Waals surface area contributed by atoms with Crippen molar-refractivity contribution in [3.8, 4) is 5.75 Å². The molecular weight excluding hydrogens is 432 g/mol. The van der Waals surface area contributed by atoms with Crippen molar-refractivity contribution >= 4 is 44.1 Å². The highest BCUT2D eigenvalue weighted by atomic mass is 79.9. The Hall–Kier alpha value is -0.860. The molecule has 2 rings (SSSR count). The van der Waals surface area contributed by atoms with Crippen molar-refractivity contribution in [2.45, 2.75) is 33.2 Å². The molecule has 1 aromatic heterocycles. The zero-order valence-electron chi connectivity index (χ0n) is 12.4. The second-order valence-corrected chi connectivity index (χ2v) is 6.85. The van der Waals surface area contributed by atoms with Gasteiger partial charge in [0.05, 0.1) is 17.6 Å². The van der Waals surface area contributed by atoms with Crippen molar-refractivity contribution in [1.82, 2.24) is 14.9 Å². The van der Waals surface area contributed by atoms with Crippen molar-refractivity contribution in [3.05, 3.63) is 37.2 Å². The maximum absolute atomic E-state index is 5.86. The first kappa shape index (κ1) is 17.5. The first-order valence-electron chi connectivity index (χ1n) is 7.07. The molecule has 0 bridgehead atoms. The van der Waals surface area contributed by atoms with E-state index in [0.717, 1.165) is 38.9 Å². The summed E-state index contributed by atoms with van der Waals surface area (Å²) in [6.07, 6.45) is 1.75. The highest BCUT2D eigenvalue weighted by molar-refractivity contribution is 9.11. The largest absolute Gasteiger partial charge is 0.492 e. The normalized spacial score (nSPS) is 10.7. The smallest absolute Gasteiger partial charge is 0.214 e. The molecule has 0 amide bonds. The van der Waals surface area contributed by atoms with E-state index in [0.29, 0.717) is 17.9 Å². The van der Waals surface area contributed by atoms with Gasteiger partial charge in [0.15, 0.2) is 5.82 Å². The fourth-order valence-electron chi connectivity index (χ4n) is 2.00. The van der Waals surface area contributed by atoms with Gasteiger partial charge in [-0.05, 0) is 46.7 Å². The van der Waals surface area contributed by atoms with Gasteiger partial charge < -0.3 is 10.2 Å². The van der Waals surface area contributed by atoms with E-state index in [4.69, 9.17) is 17.0 Å². The Bertz CT molecular complexity index is 699. The number of rotatable bonds is 7. The summed E-state index contributed by atoms with van der Waals surface area (Å²) in [6.45, 7) is 5.38. The van der Waals surface area contributed by atoms with E-state index in [1.807, 2.05) is 19.1 Å². The number of halogens is 2. The zero-order chi connectivity index (χ0) is 16.1. The Morgan fingerprint density at radius 3 is 2.82 bits per heavy atom. The lowest BCUT2D eigenvalue weighted by atomic mass is 10.2. The number of nitrogens with zero attached hydrogens (tertiary/aromatic N) is 2. The van der Waals surface area contributed by atoms with Crippen LogP contribution < -0.4 is 10.2 Å². The van der Waals surface area contributed by atoms with Crippen molar-refractivity contribution in [3.63, 3.8) is 0 Å². The Labute approximate surface area is 151 Å². The first-order valence-corrected chi connectivity index (χ1v) is 9.07. The average Bonchev–Trinajstić information content (AvgIpc) is 2.84. The second kappa shape index (κ2) is 8.12. The number of nitrogens with one attached hydrogen (secondary N) is 2. The molecule has 120 valence electrons. The first-order chi connectivity index (χ1) is 10.6. The molecule has 5 nitrogen and oxygen atoms in total. The number of hydrogen-bond donors (Lipinski definition) is 2. The van der Waals surface area contributed by atoms with E-state index in [1.165, 1.54) is 0 Å². The van der Waals surface area contributed by atoms with Crippen LogP contribution in [0.2, 0.25) is 0 Å². The minimum Gasteiger partial charge on any atom is -0.492 e. The molecule has 0 spiro atoms. The molecule has 0 aliphatic carbocycles. The third-order valence-electron chi connectivity index (χ3n) is 3.02. The average molecular weight is 450 g/mol. The van der Waals surface area contributed by atoms with Gasteiger partial charge in [0, 0.05) is 16.5 Å². The maximum Gasteiger partial charge on any atom is 0.214 e. The predicted octanol–water partition coefficient (Wildman–Crippen LogP) is 4.56. The van der Waals surface area contributed by atoms with Gasteiger partial charge in [0.1, 0.15) is 5.75 Å². The predicted molar refractivity (Wildman–Crippen MR) is 97.5 cm³/mol. The van der Waals surface area contributed by atoms with E-state index in [1.54, 1.807) is 4.68 Å². The molecule has 0 unspecified atom stereocenters. The Morgan fingerprint density at radius 2 is 2.14 bits per heavy atom. The summed E-state index contributed by atoms with van der Waals surface area (Å²) in [4.78, 5) is 0. The Kier molecular flexibility index (Phi) is 6.46. The SMILES string of the molecule is CCCOc1c(Br)cc(Br)cc1CNn1c(CC)n[nH]c1=S. The maximum atomic E-state index is 5.86. The van der Waals surface area contributed by atoms with Crippen molar-refractivity contribution in [1.29, 1.82) is 0 Å². The van der Waals surface area contributed by atoms with Crippen LogP contribution in [0.25, 0.3) is 0 Å². The number of H-pyrrole nitrogens is 1. The molecule has 0 fully saturated rings. The summed E-state index contributed by atoms with van der Waals surface area (Å²) in [5, 5.41) is 6.99. The molecule has 0 atom stereocenters. The Morgan fingerprint density at radius 1 is 1.36 bits per heavy atom. The Balaban J connectivity index is 2.24. The van der Waals surface area contributed by atoms with Gasteiger partial charge in [-0.25, -0.2) is 4.68 Å². The van der Waals surface area contributed by atoms with Crippen LogP contribution in [-0.4, -0.2) is 21.5 Å². The molecular formula is C14H18Br2N4OS. The van der Waals surface area contributed by atoms with Crippen LogP contribution in [0.1, 0.15) is 31.7 Å². The summed E-state index contributed by atoms with van der Waals surface area (Å²) in [5.41, 5.74) is 4.34. The van der Waals surface area contributed by atoms with E-state index < -0.39 is 0 Å². The highest BCUT2D eigenvalue weighted by Crippen LogP contribution is 2.33. The fraction of sp³-hybridized carbons (Fsp3) is 0.429. The monoisotopic (exact) mass is 448 g/mol. The number of aromatic amines is 1. The van der Waals surface area contributed by atoms with Crippen LogP contribution >= 0.6 is 44.1 Å². The van der Waals surface area contributed by atoms with Crippen LogP contribution in [-0.2, 0) is 13.0 Å². The van der Waals surface area contributed by atoms with E-state index >= 15 is 0 Å². The van der Waals surface area contributed by atoms with Gasteiger partial charge >= 0.3 is 0 Å². The molecule has 1 heterocycles. The van der Waals surface area contributed by atoms with Crippen molar-refractivity contribution in [2.24, 2.45) is 0 Å². The van der Waals surface area contributed by atoms with Gasteiger partial charge in [-0.15, -0.1) is 0 Å². The molecule has 8 heteroatoms. The number of aryl methyl sites for hydroxylation is 1. The minimum atomic E-state index is 0.557. The molecule has 2 N–H and O–H groups in total. The molecule has 0 aliphatic heterocycles. The third kappa shape index (κ3) is 4.11. The van der Waals surface area contributed by atoms with Crippen molar-refractivity contribution < 1.29 is 4.74 Å². The standard InChI is InChI=1S/C14H18Br2N4OS/c1-3-5-21-13-9(6-10(15)7-11(13)16)8-17-20-12(4-2)18-19-14(20)22/h6-7,17H,3-5,8H2,1-2H3,(H,19,22). The van der Waals surface area contributed by atoms with E-state index in [9.17, 15) is 0 Å². The number of benzene rings is 1. The summed E-state index contributed by atoms with van der Waals surface area (Å²) < 4.78 is 10.1. The van der Waals surface area contributed by atoms with Crippen LogP contribution in [0.15, 0.2) is 21.1 Å². The van der Waals surface area contributed by atoms with Crippen LogP contribution in [0.3, 0.4) is 0 Å².